The number of aliphatic hydroxyl groups excluding tert-OH is 1. The van der Waals surface area contributed by atoms with Gasteiger partial charge in [0.25, 0.3) is 5.91 Å². The van der Waals surface area contributed by atoms with Crippen molar-refractivity contribution in [3.63, 3.8) is 0 Å². The van der Waals surface area contributed by atoms with E-state index < -0.39 is 5.82 Å². The van der Waals surface area contributed by atoms with Gasteiger partial charge in [-0.2, -0.15) is 0 Å². The van der Waals surface area contributed by atoms with Crippen LogP contribution in [0.3, 0.4) is 0 Å². The van der Waals surface area contributed by atoms with E-state index in [1.807, 2.05) is 13.8 Å². The smallest absolute Gasteiger partial charge is 0.254 e. The van der Waals surface area contributed by atoms with Crippen LogP contribution >= 0.6 is 0 Å². The summed E-state index contributed by atoms with van der Waals surface area (Å²) in [6.45, 7) is 11.8. The van der Waals surface area contributed by atoms with Gasteiger partial charge in [0.15, 0.2) is 0 Å². The molecule has 0 radical (unpaired) electrons. The fourth-order valence-electron chi connectivity index (χ4n) is 3.26. The van der Waals surface area contributed by atoms with Crippen molar-refractivity contribution < 1.29 is 19.0 Å². The van der Waals surface area contributed by atoms with E-state index in [0.717, 1.165) is 6.54 Å². The van der Waals surface area contributed by atoms with E-state index in [2.05, 4.69) is 18.7 Å². The maximum atomic E-state index is 13.5. The van der Waals surface area contributed by atoms with Crippen molar-refractivity contribution in [3.8, 4) is 0 Å². The summed E-state index contributed by atoms with van der Waals surface area (Å²) < 4.78 is 19.4. The van der Waals surface area contributed by atoms with E-state index in [-0.39, 0.29) is 24.0 Å². The van der Waals surface area contributed by atoms with Crippen molar-refractivity contribution in [2.75, 3.05) is 39.3 Å². The molecule has 1 saturated heterocycles. The number of carbonyl (C=O) groups excluding carboxylic acids is 1. The van der Waals surface area contributed by atoms with Crippen LogP contribution in [0.5, 0.6) is 0 Å². The number of β-amino-alcohol motifs (C(OH)–C–C–N with tert-alkyl or cyclic N) is 1. The number of rotatable bonds is 8. The van der Waals surface area contributed by atoms with Crippen LogP contribution in [0.1, 0.15) is 38.1 Å². The Morgan fingerprint density at radius 1 is 1.37 bits per heavy atom. The maximum Gasteiger partial charge on any atom is 0.254 e. The normalized spacial score (nSPS) is 19.5. The van der Waals surface area contributed by atoms with E-state index in [1.165, 1.54) is 12.1 Å². The Balaban J connectivity index is 2.03. The Bertz CT molecular complexity index is 609. The maximum absolute atomic E-state index is 13.5. The van der Waals surface area contributed by atoms with Crippen LogP contribution in [0.25, 0.3) is 0 Å². The molecule has 0 bridgehead atoms. The van der Waals surface area contributed by atoms with Gasteiger partial charge in [-0.15, -0.1) is 0 Å². The highest BCUT2D eigenvalue weighted by molar-refractivity contribution is 5.94. The minimum atomic E-state index is -0.409. The molecule has 0 aliphatic carbocycles. The van der Waals surface area contributed by atoms with Gasteiger partial charge in [0.2, 0.25) is 0 Å². The second-order valence-electron chi connectivity index (χ2n) is 8.18. The molecule has 1 heterocycles. The van der Waals surface area contributed by atoms with E-state index in [4.69, 9.17) is 4.74 Å². The number of morpholine rings is 1. The summed E-state index contributed by atoms with van der Waals surface area (Å²) in [6, 6.07) is 5.82. The van der Waals surface area contributed by atoms with Gasteiger partial charge in [-0.05, 0) is 30.0 Å². The molecule has 152 valence electrons. The molecular formula is C21H33FN2O3. The van der Waals surface area contributed by atoms with Crippen molar-refractivity contribution in [1.82, 2.24) is 9.80 Å². The summed E-state index contributed by atoms with van der Waals surface area (Å²) in [6.07, 6.45) is -0.487. The molecule has 1 fully saturated rings. The van der Waals surface area contributed by atoms with Crippen LogP contribution in [-0.2, 0) is 4.74 Å². The first-order valence-corrected chi connectivity index (χ1v) is 9.83. The molecule has 6 heteroatoms. The largest absolute Gasteiger partial charge is 0.392 e. The Morgan fingerprint density at radius 3 is 2.74 bits per heavy atom. The minimum absolute atomic E-state index is 0.116. The highest BCUT2D eigenvalue weighted by Gasteiger charge is 2.27. The quantitative estimate of drug-likeness (QED) is 0.753. The standard InChI is InChI=1S/C21H33FN2O3/c1-15(2)11-24(21(26)17-6-5-7-18(22)10-17)13-19-12-23(8-9-27-19)14-20(25)16(3)4/h5-7,10,15-16,19-20,25H,8-9,11-14H2,1-4H3/t19-,20+/m0/s1. The van der Waals surface area contributed by atoms with Crippen LogP contribution in [0.15, 0.2) is 24.3 Å². The van der Waals surface area contributed by atoms with Crippen LogP contribution in [-0.4, -0.2) is 72.4 Å². The number of carbonyl (C=O) groups is 1. The molecule has 5 nitrogen and oxygen atoms in total. The predicted octanol–water partition coefficient (Wildman–Crippen LogP) is 2.64. The zero-order valence-corrected chi connectivity index (χ0v) is 16.9. The number of aliphatic hydroxyl groups is 1. The fourth-order valence-corrected chi connectivity index (χ4v) is 3.26. The Morgan fingerprint density at radius 2 is 2.11 bits per heavy atom. The first kappa shape index (κ1) is 21.8. The lowest BCUT2D eigenvalue weighted by molar-refractivity contribution is -0.0547. The second-order valence-corrected chi connectivity index (χ2v) is 8.18. The lowest BCUT2D eigenvalue weighted by Crippen LogP contribution is -2.51. The molecular weight excluding hydrogens is 347 g/mol. The van der Waals surface area contributed by atoms with E-state index in [9.17, 15) is 14.3 Å². The van der Waals surface area contributed by atoms with Gasteiger partial charge in [-0.25, -0.2) is 4.39 Å². The van der Waals surface area contributed by atoms with Crippen LogP contribution < -0.4 is 0 Å². The van der Waals surface area contributed by atoms with Crippen LogP contribution in [0.4, 0.5) is 4.39 Å². The van der Waals surface area contributed by atoms with Gasteiger partial charge in [0.05, 0.1) is 18.8 Å². The molecule has 1 amide bonds. The second kappa shape index (κ2) is 10.2. The molecule has 0 aromatic heterocycles. The van der Waals surface area contributed by atoms with Gasteiger partial charge in [0, 0.05) is 38.3 Å². The highest BCUT2D eigenvalue weighted by atomic mass is 19.1. The zero-order chi connectivity index (χ0) is 20.0. The third-order valence-electron chi connectivity index (χ3n) is 4.81. The van der Waals surface area contributed by atoms with Crippen molar-refractivity contribution in [3.05, 3.63) is 35.6 Å². The molecule has 1 aliphatic rings. The Hall–Kier alpha value is -1.50. The minimum Gasteiger partial charge on any atom is -0.392 e. The summed E-state index contributed by atoms with van der Waals surface area (Å²) in [5.41, 5.74) is 0.360. The third-order valence-corrected chi connectivity index (χ3v) is 4.81. The van der Waals surface area contributed by atoms with Crippen molar-refractivity contribution in [1.29, 1.82) is 0 Å². The van der Waals surface area contributed by atoms with E-state index in [0.29, 0.717) is 44.3 Å². The molecule has 0 spiro atoms. The first-order chi connectivity index (χ1) is 12.8. The number of benzene rings is 1. The Labute approximate surface area is 162 Å². The summed E-state index contributed by atoms with van der Waals surface area (Å²) in [7, 11) is 0. The highest BCUT2D eigenvalue weighted by Crippen LogP contribution is 2.14. The monoisotopic (exact) mass is 380 g/mol. The average Bonchev–Trinajstić information content (AvgIpc) is 2.60. The third kappa shape index (κ3) is 6.87. The van der Waals surface area contributed by atoms with E-state index >= 15 is 0 Å². The number of hydrogen-bond acceptors (Lipinski definition) is 4. The number of hydrogen-bond donors (Lipinski definition) is 1. The van der Waals surface area contributed by atoms with Crippen LogP contribution in [0.2, 0.25) is 0 Å². The van der Waals surface area contributed by atoms with Gasteiger partial charge in [-0.1, -0.05) is 33.8 Å². The molecule has 1 aliphatic heterocycles. The number of ether oxygens (including phenoxy) is 1. The molecule has 2 atom stereocenters. The van der Waals surface area contributed by atoms with E-state index in [1.54, 1.807) is 17.0 Å². The van der Waals surface area contributed by atoms with Crippen molar-refractivity contribution >= 4 is 5.91 Å². The molecule has 1 aromatic carbocycles. The summed E-state index contributed by atoms with van der Waals surface area (Å²) in [5.74, 6) is -0.0810. The SMILES string of the molecule is CC(C)CN(C[C@@H]1CN(C[C@@H](O)C(C)C)CCO1)C(=O)c1cccc(F)c1. The van der Waals surface area contributed by atoms with Gasteiger partial charge in [-0.3, -0.25) is 9.69 Å². The van der Waals surface area contributed by atoms with Gasteiger partial charge >= 0.3 is 0 Å². The fraction of sp³-hybridized carbons (Fsp3) is 0.667. The first-order valence-electron chi connectivity index (χ1n) is 9.83. The topological polar surface area (TPSA) is 53.0 Å². The van der Waals surface area contributed by atoms with Gasteiger partial charge < -0.3 is 14.7 Å². The predicted molar refractivity (Wildman–Crippen MR) is 104 cm³/mol. The lowest BCUT2D eigenvalue weighted by Gasteiger charge is -2.37. The van der Waals surface area contributed by atoms with Gasteiger partial charge in [0.1, 0.15) is 5.82 Å². The van der Waals surface area contributed by atoms with Crippen molar-refractivity contribution in [2.45, 2.75) is 39.9 Å². The lowest BCUT2D eigenvalue weighted by atomic mass is 10.1. The number of halogens is 1. The Kier molecular flexibility index (Phi) is 8.20. The number of amides is 1. The molecule has 27 heavy (non-hydrogen) atoms. The molecule has 1 N–H and O–H groups in total. The summed E-state index contributed by atoms with van der Waals surface area (Å²) in [5, 5.41) is 10.1. The summed E-state index contributed by atoms with van der Waals surface area (Å²) in [4.78, 5) is 16.9. The van der Waals surface area contributed by atoms with Crippen LogP contribution in [0, 0.1) is 17.7 Å². The molecule has 0 saturated carbocycles. The molecule has 0 unspecified atom stereocenters. The molecule has 1 aromatic rings. The summed E-state index contributed by atoms with van der Waals surface area (Å²) >= 11 is 0. The average molecular weight is 381 g/mol. The van der Waals surface area contributed by atoms with Crippen molar-refractivity contribution in [2.24, 2.45) is 11.8 Å². The zero-order valence-electron chi connectivity index (χ0n) is 16.9. The number of nitrogens with zero attached hydrogens (tertiary/aromatic N) is 2. The molecule has 2 rings (SSSR count).